The van der Waals surface area contributed by atoms with Gasteiger partial charge in [-0.25, -0.2) is 8.42 Å². The Hall–Kier alpha value is -1.73. The molecule has 0 bridgehead atoms. The average Bonchev–Trinajstić information content (AvgIpc) is 3.19. The summed E-state index contributed by atoms with van der Waals surface area (Å²) in [5, 5.41) is 12.7. The first-order valence-electron chi connectivity index (χ1n) is 8.61. The first-order valence-corrected chi connectivity index (χ1v) is 11.7. The van der Waals surface area contributed by atoms with Gasteiger partial charge in [0.1, 0.15) is 15.3 Å². The van der Waals surface area contributed by atoms with Crippen molar-refractivity contribution >= 4 is 43.6 Å². The fourth-order valence-electron chi connectivity index (χ4n) is 3.12. The molecule has 1 amide bonds. The summed E-state index contributed by atoms with van der Waals surface area (Å²) >= 11 is 2.62. The third-order valence-electron chi connectivity index (χ3n) is 4.80. The summed E-state index contributed by atoms with van der Waals surface area (Å²) in [6.45, 7) is 6.22. The molecule has 1 N–H and O–H groups in total. The van der Waals surface area contributed by atoms with Gasteiger partial charge >= 0.3 is 0 Å². The molecule has 1 aliphatic heterocycles. The predicted octanol–water partition coefficient (Wildman–Crippen LogP) is 3.65. The molecule has 9 heteroatoms. The standard InChI is InChI=1S/C18H21N3O3S3/c1-11-6-7-16(25-11)27(23,24)21-8-4-5-14(10-21)17(22)20-18-15(9-19)12(2)13(3)26-18/h6-7,14H,4-5,8,10H2,1-3H3,(H,20,22)/t14-/m1/s1. The predicted molar refractivity (Wildman–Crippen MR) is 108 cm³/mol. The third-order valence-corrected chi connectivity index (χ3v) is 9.25. The second-order valence-electron chi connectivity index (χ2n) is 6.66. The first kappa shape index (κ1) is 20.0. The minimum absolute atomic E-state index is 0.163. The highest BCUT2D eigenvalue weighted by atomic mass is 32.2. The number of sulfonamides is 1. The van der Waals surface area contributed by atoms with Crippen molar-refractivity contribution in [3.8, 4) is 6.07 Å². The lowest BCUT2D eigenvalue weighted by Crippen LogP contribution is -2.43. The summed E-state index contributed by atoms with van der Waals surface area (Å²) in [6.07, 6.45) is 1.27. The van der Waals surface area contributed by atoms with E-state index >= 15 is 0 Å². The lowest BCUT2D eigenvalue weighted by atomic mass is 9.99. The highest BCUT2D eigenvalue weighted by molar-refractivity contribution is 7.91. The molecule has 144 valence electrons. The number of carbonyl (C=O) groups is 1. The van der Waals surface area contributed by atoms with Gasteiger partial charge in [-0.2, -0.15) is 9.57 Å². The number of nitriles is 1. The molecule has 1 fully saturated rings. The van der Waals surface area contributed by atoms with Crippen molar-refractivity contribution in [2.24, 2.45) is 5.92 Å². The number of piperidine rings is 1. The van der Waals surface area contributed by atoms with Gasteiger partial charge in [0.05, 0.1) is 11.5 Å². The number of aryl methyl sites for hydroxylation is 2. The van der Waals surface area contributed by atoms with Crippen molar-refractivity contribution in [2.75, 3.05) is 18.4 Å². The summed E-state index contributed by atoms with van der Waals surface area (Å²) in [6, 6.07) is 5.55. The monoisotopic (exact) mass is 423 g/mol. The van der Waals surface area contributed by atoms with Gasteiger partial charge in [-0.05, 0) is 51.3 Å². The van der Waals surface area contributed by atoms with E-state index < -0.39 is 15.9 Å². The zero-order valence-electron chi connectivity index (χ0n) is 15.4. The fourth-order valence-corrected chi connectivity index (χ4v) is 7.09. The molecule has 27 heavy (non-hydrogen) atoms. The van der Waals surface area contributed by atoms with E-state index in [2.05, 4.69) is 11.4 Å². The van der Waals surface area contributed by atoms with Gasteiger partial charge in [0.25, 0.3) is 10.0 Å². The Labute approximate surface area is 167 Å². The van der Waals surface area contributed by atoms with Gasteiger partial charge in [0.2, 0.25) is 5.91 Å². The zero-order valence-corrected chi connectivity index (χ0v) is 17.9. The van der Waals surface area contributed by atoms with Crippen LogP contribution in [0.15, 0.2) is 16.3 Å². The third kappa shape index (κ3) is 3.94. The van der Waals surface area contributed by atoms with E-state index in [-0.39, 0.29) is 12.5 Å². The number of hydrogen-bond acceptors (Lipinski definition) is 6. The molecule has 0 radical (unpaired) electrons. The molecule has 2 aromatic heterocycles. The molecule has 3 rings (SSSR count). The lowest BCUT2D eigenvalue weighted by molar-refractivity contribution is -0.120. The topological polar surface area (TPSA) is 90.3 Å². The summed E-state index contributed by atoms with van der Waals surface area (Å²) in [4.78, 5) is 14.7. The van der Waals surface area contributed by atoms with Crippen LogP contribution >= 0.6 is 22.7 Å². The largest absolute Gasteiger partial charge is 0.316 e. The Bertz CT molecular complexity index is 1010. The molecule has 2 aromatic rings. The maximum atomic E-state index is 12.8. The number of nitrogens with one attached hydrogen (secondary N) is 1. The smallest absolute Gasteiger partial charge is 0.252 e. The minimum Gasteiger partial charge on any atom is -0.316 e. The van der Waals surface area contributed by atoms with E-state index in [0.717, 1.165) is 15.3 Å². The van der Waals surface area contributed by atoms with E-state index in [1.54, 1.807) is 12.1 Å². The van der Waals surface area contributed by atoms with Crippen LogP contribution in [-0.4, -0.2) is 31.7 Å². The van der Waals surface area contributed by atoms with Crippen LogP contribution in [0.1, 0.15) is 33.7 Å². The van der Waals surface area contributed by atoms with Crippen molar-refractivity contribution in [1.82, 2.24) is 4.31 Å². The van der Waals surface area contributed by atoms with Crippen molar-refractivity contribution in [1.29, 1.82) is 5.26 Å². The van der Waals surface area contributed by atoms with E-state index in [4.69, 9.17) is 0 Å². The van der Waals surface area contributed by atoms with Gasteiger partial charge < -0.3 is 5.32 Å². The Morgan fingerprint density at radius 2 is 2.04 bits per heavy atom. The lowest BCUT2D eigenvalue weighted by Gasteiger charge is -2.30. The van der Waals surface area contributed by atoms with Crippen LogP contribution in [0.2, 0.25) is 0 Å². The number of carbonyl (C=O) groups excluding carboxylic acids is 1. The highest BCUT2D eigenvalue weighted by Gasteiger charge is 2.34. The van der Waals surface area contributed by atoms with Gasteiger partial charge in [0, 0.05) is 22.8 Å². The van der Waals surface area contributed by atoms with E-state index in [1.165, 1.54) is 27.0 Å². The number of rotatable bonds is 4. The van der Waals surface area contributed by atoms with Crippen LogP contribution in [0.5, 0.6) is 0 Å². The summed E-state index contributed by atoms with van der Waals surface area (Å²) in [7, 11) is -3.57. The van der Waals surface area contributed by atoms with Gasteiger partial charge in [0.15, 0.2) is 0 Å². The Morgan fingerprint density at radius 1 is 1.30 bits per heavy atom. The molecule has 0 unspecified atom stereocenters. The van der Waals surface area contributed by atoms with Gasteiger partial charge in [-0.1, -0.05) is 0 Å². The molecule has 6 nitrogen and oxygen atoms in total. The first-order chi connectivity index (χ1) is 12.7. The number of amides is 1. The van der Waals surface area contributed by atoms with E-state index in [9.17, 15) is 18.5 Å². The quantitative estimate of drug-likeness (QED) is 0.813. The summed E-state index contributed by atoms with van der Waals surface area (Å²) in [5.41, 5.74) is 1.36. The fraction of sp³-hybridized carbons (Fsp3) is 0.444. The van der Waals surface area contributed by atoms with Crippen LogP contribution in [0.25, 0.3) is 0 Å². The summed E-state index contributed by atoms with van der Waals surface area (Å²) < 4.78 is 27.4. The zero-order chi connectivity index (χ0) is 19.8. The molecule has 0 aromatic carbocycles. The Balaban J connectivity index is 1.76. The second kappa shape index (κ2) is 7.72. The molecule has 0 spiro atoms. The van der Waals surface area contributed by atoms with E-state index in [1.807, 2.05) is 20.8 Å². The van der Waals surface area contributed by atoms with Crippen LogP contribution in [0.3, 0.4) is 0 Å². The van der Waals surface area contributed by atoms with Crippen LogP contribution in [0.4, 0.5) is 5.00 Å². The Kier molecular flexibility index (Phi) is 5.72. The number of thiophene rings is 2. The summed E-state index contributed by atoms with van der Waals surface area (Å²) in [5.74, 6) is -0.654. The van der Waals surface area contributed by atoms with E-state index in [0.29, 0.717) is 34.2 Å². The number of nitrogens with zero attached hydrogens (tertiary/aromatic N) is 2. The van der Waals surface area contributed by atoms with Crippen molar-refractivity contribution in [2.45, 2.75) is 37.8 Å². The normalized spacial score (nSPS) is 18.2. The molecule has 1 atom stereocenters. The molecule has 0 saturated carbocycles. The molecule has 3 heterocycles. The van der Waals surface area contributed by atoms with Gasteiger partial charge in [-0.3, -0.25) is 4.79 Å². The van der Waals surface area contributed by atoms with Crippen LogP contribution < -0.4 is 5.32 Å². The molecule has 1 aliphatic rings. The second-order valence-corrected chi connectivity index (χ2v) is 11.3. The number of hydrogen-bond donors (Lipinski definition) is 1. The van der Waals surface area contributed by atoms with Crippen LogP contribution in [-0.2, 0) is 14.8 Å². The molecule has 0 aliphatic carbocycles. The Morgan fingerprint density at radius 3 is 2.67 bits per heavy atom. The molecule has 1 saturated heterocycles. The maximum absolute atomic E-state index is 12.8. The van der Waals surface area contributed by atoms with Crippen molar-refractivity contribution < 1.29 is 13.2 Å². The SMILES string of the molecule is Cc1ccc(S(=O)(=O)N2CCC[C@@H](C(=O)Nc3sc(C)c(C)c3C#N)C2)s1. The maximum Gasteiger partial charge on any atom is 0.252 e. The van der Waals surface area contributed by atoms with Gasteiger partial charge in [-0.15, -0.1) is 22.7 Å². The highest BCUT2D eigenvalue weighted by Crippen LogP contribution is 2.33. The minimum atomic E-state index is -3.57. The number of anilines is 1. The van der Waals surface area contributed by atoms with Crippen LogP contribution in [0, 0.1) is 38.0 Å². The molecular formula is C18H21N3O3S3. The molecular weight excluding hydrogens is 402 g/mol. The van der Waals surface area contributed by atoms with Crippen molar-refractivity contribution in [3.05, 3.63) is 33.0 Å². The average molecular weight is 424 g/mol. The van der Waals surface area contributed by atoms with Crippen molar-refractivity contribution in [3.63, 3.8) is 0 Å².